The number of rotatable bonds is 2. The summed E-state index contributed by atoms with van der Waals surface area (Å²) in [4.78, 5) is 0.122. The van der Waals surface area contributed by atoms with Gasteiger partial charge in [0, 0.05) is 18.6 Å². The normalized spacial score (nSPS) is 12.0. The smallest absolute Gasteiger partial charge is 0.244 e. The Morgan fingerprint density at radius 2 is 1.93 bits per heavy atom. The lowest BCUT2D eigenvalue weighted by atomic mass is 10.3. The minimum absolute atomic E-state index is 0.122. The Hall–Kier alpha value is -0.590. The zero-order chi connectivity index (χ0) is 10.9. The van der Waals surface area contributed by atoms with E-state index >= 15 is 0 Å². The van der Waals surface area contributed by atoms with Gasteiger partial charge in [0.15, 0.2) is 0 Å². The third-order valence-corrected chi connectivity index (χ3v) is 4.10. The van der Waals surface area contributed by atoms with Gasteiger partial charge in [-0.25, -0.2) is 12.7 Å². The summed E-state index contributed by atoms with van der Waals surface area (Å²) in [5.74, 6) is 0. The van der Waals surface area contributed by atoms with Gasteiger partial charge in [0.2, 0.25) is 10.0 Å². The van der Waals surface area contributed by atoms with Crippen LogP contribution in [0.2, 0.25) is 0 Å². The average Bonchev–Trinajstić information content (AvgIpc) is 2.08. The highest BCUT2D eigenvalue weighted by atomic mass is 79.9. The molecule has 0 aliphatic heterocycles. The maximum absolute atomic E-state index is 11.7. The van der Waals surface area contributed by atoms with Gasteiger partial charge in [0.05, 0.1) is 5.69 Å². The highest BCUT2D eigenvalue weighted by Crippen LogP contribution is 2.24. The topological polar surface area (TPSA) is 63.4 Å². The van der Waals surface area contributed by atoms with E-state index in [2.05, 4.69) is 15.9 Å². The monoisotopic (exact) mass is 278 g/mol. The summed E-state index contributed by atoms with van der Waals surface area (Å²) in [6.45, 7) is 0. The average molecular weight is 279 g/mol. The molecule has 0 aliphatic rings. The first-order valence-corrected chi connectivity index (χ1v) is 6.06. The van der Waals surface area contributed by atoms with Crippen molar-refractivity contribution in [2.24, 2.45) is 0 Å². The SMILES string of the molecule is CN(C)S(=O)(=O)c1cc(Br)ccc1N. The number of nitrogens with zero attached hydrogens (tertiary/aromatic N) is 1. The molecule has 0 saturated carbocycles. The van der Waals surface area contributed by atoms with Crippen LogP contribution < -0.4 is 5.73 Å². The van der Waals surface area contributed by atoms with Gasteiger partial charge < -0.3 is 5.73 Å². The van der Waals surface area contributed by atoms with Crippen LogP contribution in [0.15, 0.2) is 27.6 Å². The van der Waals surface area contributed by atoms with Gasteiger partial charge in [0.1, 0.15) is 4.90 Å². The van der Waals surface area contributed by atoms with Crippen molar-refractivity contribution in [3.05, 3.63) is 22.7 Å². The van der Waals surface area contributed by atoms with Crippen LogP contribution in [0.4, 0.5) is 5.69 Å². The van der Waals surface area contributed by atoms with Gasteiger partial charge in [0.25, 0.3) is 0 Å². The van der Waals surface area contributed by atoms with E-state index in [9.17, 15) is 8.42 Å². The number of hydrogen-bond donors (Lipinski definition) is 1. The van der Waals surface area contributed by atoms with Crippen LogP contribution in [-0.4, -0.2) is 26.8 Å². The van der Waals surface area contributed by atoms with Crippen molar-refractivity contribution in [1.82, 2.24) is 4.31 Å². The van der Waals surface area contributed by atoms with Crippen LogP contribution in [0.3, 0.4) is 0 Å². The number of sulfonamides is 1. The van der Waals surface area contributed by atoms with E-state index in [0.29, 0.717) is 4.47 Å². The molecule has 1 rings (SSSR count). The Balaban J connectivity index is 3.40. The molecule has 4 nitrogen and oxygen atoms in total. The quantitative estimate of drug-likeness (QED) is 0.829. The van der Waals surface area contributed by atoms with Crippen molar-refractivity contribution in [2.75, 3.05) is 19.8 Å². The fourth-order valence-corrected chi connectivity index (χ4v) is 2.48. The molecule has 1 aromatic rings. The second-order valence-corrected chi connectivity index (χ2v) is 6.01. The molecule has 0 saturated heterocycles. The van der Waals surface area contributed by atoms with Gasteiger partial charge in [-0.05, 0) is 18.2 Å². The van der Waals surface area contributed by atoms with E-state index in [-0.39, 0.29) is 10.6 Å². The third-order valence-electron chi connectivity index (χ3n) is 1.73. The summed E-state index contributed by atoms with van der Waals surface area (Å²) in [6.07, 6.45) is 0. The van der Waals surface area contributed by atoms with Gasteiger partial charge in [-0.2, -0.15) is 0 Å². The predicted molar refractivity (Wildman–Crippen MR) is 59.4 cm³/mol. The van der Waals surface area contributed by atoms with Crippen molar-refractivity contribution in [3.63, 3.8) is 0 Å². The Labute approximate surface area is 91.9 Å². The van der Waals surface area contributed by atoms with Crippen molar-refractivity contribution >= 4 is 31.6 Å². The van der Waals surface area contributed by atoms with E-state index in [4.69, 9.17) is 5.73 Å². The molecule has 0 unspecified atom stereocenters. The van der Waals surface area contributed by atoms with Crippen molar-refractivity contribution < 1.29 is 8.42 Å². The van der Waals surface area contributed by atoms with Crippen LogP contribution in [-0.2, 0) is 10.0 Å². The van der Waals surface area contributed by atoms with Crippen molar-refractivity contribution in [3.8, 4) is 0 Å². The second kappa shape index (κ2) is 3.88. The molecule has 78 valence electrons. The minimum atomic E-state index is -3.45. The molecule has 0 spiro atoms. The van der Waals surface area contributed by atoms with Crippen molar-refractivity contribution in [1.29, 1.82) is 0 Å². The molecule has 0 atom stereocenters. The van der Waals surface area contributed by atoms with Crippen LogP contribution >= 0.6 is 15.9 Å². The Morgan fingerprint density at radius 1 is 1.36 bits per heavy atom. The molecule has 0 aromatic heterocycles. The first-order valence-electron chi connectivity index (χ1n) is 3.83. The summed E-state index contributed by atoms with van der Waals surface area (Å²) < 4.78 is 25.3. The van der Waals surface area contributed by atoms with E-state index in [1.165, 1.54) is 20.2 Å². The van der Waals surface area contributed by atoms with Crippen LogP contribution in [0.5, 0.6) is 0 Å². The largest absolute Gasteiger partial charge is 0.398 e. The molecular weight excluding hydrogens is 268 g/mol. The molecule has 6 heteroatoms. The molecule has 2 N–H and O–H groups in total. The summed E-state index contributed by atoms with van der Waals surface area (Å²) in [5.41, 5.74) is 5.84. The number of nitrogen functional groups attached to an aromatic ring is 1. The van der Waals surface area contributed by atoms with Crippen LogP contribution in [0.25, 0.3) is 0 Å². The molecule has 0 amide bonds. The number of hydrogen-bond acceptors (Lipinski definition) is 3. The highest BCUT2D eigenvalue weighted by Gasteiger charge is 2.20. The van der Waals surface area contributed by atoms with Gasteiger partial charge in [-0.1, -0.05) is 15.9 Å². The number of benzene rings is 1. The van der Waals surface area contributed by atoms with Gasteiger partial charge >= 0.3 is 0 Å². The van der Waals surface area contributed by atoms with Crippen LogP contribution in [0, 0.1) is 0 Å². The van der Waals surface area contributed by atoms with Crippen molar-refractivity contribution in [2.45, 2.75) is 4.90 Å². The Kier molecular flexibility index (Phi) is 3.18. The predicted octanol–water partition coefficient (Wildman–Crippen LogP) is 1.28. The Morgan fingerprint density at radius 3 is 2.43 bits per heavy atom. The summed E-state index contributed by atoms with van der Waals surface area (Å²) in [5, 5.41) is 0. The molecule has 0 aliphatic carbocycles. The molecule has 14 heavy (non-hydrogen) atoms. The number of anilines is 1. The Bertz CT molecular complexity index is 443. The number of nitrogens with two attached hydrogens (primary N) is 1. The molecule has 0 bridgehead atoms. The third kappa shape index (κ3) is 2.08. The number of halogens is 1. The van der Waals surface area contributed by atoms with Gasteiger partial charge in [-0.15, -0.1) is 0 Å². The molecule has 0 radical (unpaired) electrons. The maximum atomic E-state index is 11.7. The van der Waals surface area contributed by atoms with E-state index < -0.39 is 10.0 Å². The molecule has 0 fully saturated rings. The summed E-state index contributed by atoms with van der Waals surface area (Å²) >= 11 is 3.20. The first-order chi connectivity index (χ1) is 6.35. The highest BCUT2D eigenvalue weighted by molar-refractivity contribution is 9.10. The molecule has 1 aromatic carbocycles. The zero-order valence-electron chi connectivity index (χ0n) is 7.86. The fourth-order valence-electron chi connectivity index (χ4n) is 0.928. The fraction of sp³-hybridized carbons (Fsp3) is 0.250. The minimum Gasteiger partial charge on any atom is -0.398 e. The lowest BCUT2D eigenvalue weighted by Gasteiger charge is -2.13. The lowest BCUT2D eigenvalue weighted by Crippen LogP contribution is -2.23. The summed E-state index contributed by atoms with van der Waals surface area (Å²) in [6, 6.07) is 4.75. The lowest BCUT2D eigenvalue weighted by molar-refractivity contribution is 0.521. The van der Waals surface area contributed by atoms with Gasteiger partial charge in [-0.3, -0.25) is 0 Å². The zero-order valence-corrected chi connectivity index (χ0v) is 10.3. The molecular formula is C8H11BrN2O2S. The maximum Gasteiger partial charge on any atom is 0.244 e. The van der Waals surface area contributed by atoms with E-state index in [1.54, 1.807) is 12.1 Å². The van der Waals surface area contributed by atoms with E-state index in [1.807, 2.05) is 0 Å². The van der Waals surface area contributed by atoms with E-state index in [0.717, 1.165) is 4.31 Å². The second-order valence-electron chi connectivity index (χ2n) is 2.97. The first kappa shape index (κ1) is 11.5. The summed E-state index contributed by atoms with van der Waals surface area (Å²) in [7, 11) is -0.516. The molecule has 0 heterocycles. The van der Waals surface area contributed by atoms with Crippen LogP contribution in [0.1, 0.15) is 0 Å². The standard InChI is InChI=1S/C8H11BrN2O2S/c1-11(2)14(12,13)8-5-6(9)3-4-7(8)10/h3-5H,10H2,1-2H3.